The number of hydrogen-bond donors (Lipinski definition) is 0. The lowest BCUT2D eigenvalue weighted by molar-refractivity contribution is 0.193. The van der Waals surface area contributed by atoms with E-state index in [-0.39, 0.29) is 0 Å². The topological polar surface area (TPSA) is 9.23 Å². The first kappa shape index (κ1) is 18.5. The molecule has 0 aromatic rings. The van der Waals surface area contributed by atoms with Crippen LogP contribution in [0.5, 0.6) is 0 Å². The van der Waals surface area contributed by atoms with Crippen molar-refractivity contribution in [2.45, 2.75) is 77.6 Å². The van der Waals surface area contributed by atoms with Crippen LogP contribution >= 0.6 is 0 Å². The predicted octanol–water partition coefficient (Wildman–Crippen LogP) is 6.30. The van der Waals surface area contributed by atoms with Gasteiger partial charge in [-0.05, 0) is 63.2 Å². The molecule has 1 aliphatic carbocycles. The zero-order valence-electron chi connectivity index (χ0n) is 14.4. The van der Waals surface area contributed by atoms with E-state index in [1.54, 1.807) is 7.11 Å². The number of ether oxygens (including phenoxy) is 1. The molecule has 2 atom stereocenters. The summed E-state index contributed by atoms with van der Waals surface area (Å²) < 4.78 is 5.09. The fraction of sp³-hybridized carbons (Fsp3) is 0.800. The molecule has 1 aliphatic rings. The Morgan fingerprint density at radius 2 is 1.76 bits per heavy atom. The van der Waals surface area contributed by atoms with E-state index >= 15 is 0 Å². The van der Waals surface area contributed by atoms with Crippen LogP contribution in [-0.4, -0.2) is 13.7 Å². The van der Waals surface area contributed by atoms with Crippen LogP contribution in [0, 0.1) is 11.8 Å². The quantitative estimate of drug-likeness (QED) is 0.303. The fourth-order valence-corrected chi connectivity index (χ4v) is 3.29. The molecule has 0 aliphatic heterocycles. The average Bonchev–Trinajstić information content (AvgIpc) is 2.94. The van der Waals surface area contributed by atoms with Crippen LogP contribution in [0.15, 0.2) is 24.3 Å². The molecule has 21 heavy (non-hydrogen) atoms. The van der Waals surface area contributed by atoms with E-state index in [9.17, 15) is 0 Å². The molecule has 1 rings (SSSR count). The molecule has 1 heteroatoms. The lowest BCUT2D eigenvalue weighted by Crippen LogP contribution is -2.03. The highest BCUT2D eigenvalue weighted by Gasteiger charge is 2.23. The van der Waals surface area contributed by atoms with Crippen molar-refractivity contribution in [2.24, 2.45) is 11.8 Å². The first-order valence-electron chi connectivity index (χ1n) is 9.19. The van der Waals surface area contributed by atoms with Gasteiger partial charge in [0, 0.05) is 13.7 Å². The molecule has 1 nitrogen and oxygen atoms in total. The number of hydrogen-bond acceptors (Lipinski definition) is 1. The van der Waals surface area contributed by atoms with Crippen molar-refractivity contribution in [1.29, 1.82) is 0 Å². The zero-order valence-corrected chi connectivity index (χ0v) is 14.4. The smallest absolute Gasteiger partial charge is 0.0462 e. The van der Waals surface area contributed by atoms with Crippen molar-refractivity contribution in [3.8, 4) is 0 Å². The van der Waals surface area contributed by atoms with E-state index in [0.717, 1.165) is 18.4 Å². The Bertz CT molecular complexity index is 280. The summed E-state index contributed by atoms with van der Waals surface area (Å²) in [7, 11) is 1.79. The highest BCUT2D eigenvalue weighted by Crippen LogP contribution is 2.35. The maximum atomic E-state index is 5.09. The van der Waals surface area contributed by atoms with Gasteiger partial charge in [0.1, 0.15) is 0 Å². The highest BCUT2D eigenvalue weighted by molar-refractivity contribution is 4.97. The molecular weight excluding hydrogens is 256 g/mol. The second kappa shape index (κ2) is 13.1. The molecule has 1 fully saturated rings. The number of allylic oxidation sites excluding steroid dienone is 4. The Morgan fingerprint density at radius 1 is 0.952 bits per heavy atom. The predicted molar refractivity (Wildman–Crippen MR) is 93.6 cm³/mol. The lowest BCUT2D eigenvalue weighted by Gasteiger charge is -2.14. The molecule has 0 amide bonds. The molecule has 0 unspecified atom stereocenters. The van der Waals surface area contributed by atoms with Gasteiger partial charge in [0.15, 0.2) is 0 Å². The first-order valence-corrected chi connectivity index (χ1v) is 9.19. The summed E-state index contributed by atoms with van der Waals surface area (Å²) in [6.45, 7) is 3.18. The normalized spacial score (nSPS) is 22.8. The maximum Gasteiger partial charge on any atom is 0.0462 e. The zero-order chi connectivity index (χ0) is 15.2. The summed E-state index contributed by atoms with van der Waals surface area (Å²) in [5.74, 6) is 1.75. The molecule has 0 radical (unpaired) electrons. The molecule has 0 bridgehead atoms. The van der Waals surface area contributed by atoms with Crippen LogP contribution in [0.25, 0.3) is 0 Å². The minimum Gasteiger partial charge on any atom is -0.385 e. The van der Waals surface area contributed by atoms with Gasteiger partial charge in [0.05, 0.1) is 0 Å². The van der Waals surface area contributed by atoms with E-state index in [1.807, 2.05) is 0 Å². The molecule has 0 saturated heterocycles. The summed E-state index contributed by atoms with van der Waals surface area (Å²) >= 11 is 0. The molecule has 0 heterocycles. The SMILES string of the molecule is CCCCC/C=C\C[C@H]1CCC[C@@H]1/C=C/CCCCOC. The van der Waals surface area contributed by atoms with E-state index in [0.29, 0.717) is 0 Å². The van der Waals surface area contributed by atoms with Crippen LogP contribution < -0.4 is 0 Å². The average molecular weight is 293 g/mol. The van der Waals surface area contributed by atoms with Gasteiger partial charge < -0.3 is 4.74 Å². The Morgan fingerprint density at radius 3 is 2.57 bits per heavy atom. The van der Waals surface area contributed by atoms with Gasteiger partial charge in [-0.15, -0.1) is 0 Å². The van der Waals surface area contributed by atoms with Crippen LogP contribution in [-0.2, 0) is 4.74 Å². The number of methoxy groups -OCH3 is 1. The van der Waals surface area contributed by atoms with Crippen LogP contribution in [0.1, 0.15) is 77.6 Å². The van der Waals surface area contributed by atoms with Gasteiger partial charge in [-0.25, -0.2) is 0 Å². The summed E-state index contributed by atoms with van der Waals surface area (Å²) in [6.07, 6.45) is 24.4. The standard InChI is InChI=1S/C20H36O/c1-3-4-5-6-7-10-14-19-16-13-17-20(19)15-11-8-9-12-18-21-2/h7,10-11,15,19-20H,3-6,8-9,12-14,16-18H2,1-2H3/b10-7-,15-11+/t19-,20-/m0/s1. The van der Waals surface area contributed by atoms with Crippen LogP contribution in [0.2, 0.25) is 0 Å². The van der Waals surface area contributed by atoms with Gasteiger partial charge in [0.25, 0.3) is 0 Å². The Balaban J connectivity index is 2.14. The fourth-order valence-electron chi connectivity index (χ4n) is 3.29. The van der Waals surface area contributed by atoms with Gasteiger partial charge in [-0.3, -0.25) is 0 Å². The van der Waals surface area contributed by atoms with E-state index in [2.05, 4.69) is 31.2 Å². The van der Waals surface area contributed by atoms with Crippen molar-refractivity contribution >= 4 is 0 Å². The van der Waals surface area contributed by atoms with Crippen molar-refractivity contribution < 1.29 is 4.74 Å². The number of rotatable bonds is 12. The van der Waals surface area contributed by atoms with Gasteiger partial charge in [-0.2, -0.15) is 0 Å². The Kier molecular flexibility index (Phi) is 11.6. The third-order valence-electron chi connectivity index (χ3n) is 4.65. The van der Waals surface area contributed by atoms with Gasteiger partial charge >= 0.3 is 0 Å². The second-order valence-corrected chi connectivity index (χ2v) is 6.47. The lowest BCUT2D eigenvalue weighted by atomic mass is 9.92. The van der Waals surface area contributed by atoms with Gasteiger partial charge in [-0.1, -0.05) is 50.5 Å². The molecule has 0 spiro atoms. The Labute approximate surface area is 132 Å². The van der Waals surface area contributed by atoms with E-state index < -0.39 is 0 Å². The molecule has 122 valence electrons. The van der Waals surface area contributed by atoms with E-state index in [1.165, 1.54) is 70.6 Å². The van der Waals surface area contributed by atoms with Crippen molar-refractivity contribution in [3.05, 3.63) is 24.3 Å². The molecule has 0 aromatic heterocycles. The minimum atomic E-state index is 0.840. The molecule has 1 saturated carbocycles. The third-order valence-corrected chi connectivity index (χ3v) is 4.65. The van der Waals surface area contributed by atoms with Crippen LogP contribution in [0.3, 0.4) is 0 Å². The largest absolute Gasteiger partial charge is 0.385 e. The summed E-state index contributed by atoms with van der Waals surface area (Å²) in [5.41, 5.74) is 0. The summed E-state index contributed by atoms with van der Waals surface area (Å²) in [6, 6.07) is 0. The molecule has 0 aromatic carbocycles. The van der Waals surface area contributed by atoms with Gasteiger partial charge in [0.2, 0.25) is 0 Å². The summed E-state index contributed by atoms with van der Waals surface area (Å²) in [4.78, 5) is 0. The molecule has 0 N–H and O–H groups in total. The molecular formula is C20H36O. The monoisotopic (exact) mass is 292 g/mol. The summed E-state index contributed by atoms with van der Waals surface area (Å²) in [5, 5.41) is 0. The highest BCUT2D eigenvalue weighted by atomic mass is 16.5. The van der Waals surface area contributed by atoms with Crippen molar-refractivity contribution in [2.75, 3.05) is 13.7 Å². The Hall–Kier alpha value is -0.560. The van der Waals surface area contributed by atoms with Crippen molar-refractivity contribution in [3.63, 3.8) is 0 Å². The number of unbranched alkanes of at least 4 members (excludes halogenated alkanes) is 5. The third kappa shape index (κ3) is 9.14. The maximum absolute atomic E-state index is 5.09. The second-order valence-electron chi connectivity index (χ2n) is 6.47. The minimum absolute atomic E-state index is 0.840. The van der Waals surface area contributed by atoms with E-state index in [4.69, 9.17) is 4.74 Å². The first-order chi connectivity index (χ1) is 10.4. The van der Waals surface area contributed by atoms with Crippen LogP contribution in [0.4, 0.5) is 0 Å². The van der Waals surface area contributed by atoms with Crippen molar-refractivity contribution in [1.82, 2.24) is 0 Å².